The standard InChI is InChI=1S/C21H23FN2O3/c1-14-11-16(21(26)27)13-24(12-14)19(15-5-3-2-4-6-15)20(25)23-18-9-7-17(22)8-10-18/h2-10,14,16,19H,11-13H2,1H3,(H,23,25)(H,26,27). The number of nitrogens with zero attached hydrogens (tertiary/aromatic N) is 1. The first-order valence-electron chi connectivity index (χ1n) is 9.02. The van der Waals surface area contributed by atoms with Gasteiger partial charge in [0.15, 0.2) is 0 Å². The Labute approximate surface area is 157 Å². The molecule has 2 N–H and O–H groups in total. The molecule has 3 unspecified atom stereocenters. The number of hydrogen-bond acceptors (Lipinski definition) is 3. The molecule has 1 heterocycles. The molecule has 2 aromatic rings. The van der Waals surface area contributed by atoms with E-state index in [1.807, 2.05) is 42.2 Å². The van der Waals surface area contributed by atoms with Gasteiger partial charge in [0.25, 0.3) is 0 Å². The first-order valence-corrected chi connectivity index (χ1v) is 9.02. The molecule has 142 valence electrons. The van der Waals surface area contributed by atoms with E-state index in [0.717, 1.165) is 5.56 Å². The number of likely N-dealkylation sites (tertiary alicyclic amines) is 1. The first kappa shape index (κ1) is 19.0. The highest BCUT2D eigenvalue weighted by Crippen LogP contribution is 2.30. The fraction of sp³-hybridized carbons (Fsp3) is 0.333. The summed E-state index contributed by atoms with van der Waals surface area (Å²) >= 11 is 0. The highest BCUT2D eigenvalue weighted by atomic mass is 19.1. The Kier molecular flexibility index (Phi) is 5.86. The summed E-state index contributed by atoms with van der Waals surface area (Å²) in [4.78, 5) is 26.6. The van der Waals surface area contributed by atoms with Crippen molar-refractivity contribution in [3.05, 3.63) is 66.0 Å². The van der Waals surface area contributed by atoms with Crippen molar-refractivity contribution < 1.29 is 19.1 Å². The Bertz CT molecular complexity index is 795. The Morgan fingerprint density at radius 2 is 1.78 bits per heavy atom. The van der Waals surface area contributed by atoms with Gasteiger partial charge in [-0.3, -0.25) is 14.5 Å². The number of benzene rings is 2. The van der Waals surface area contributed by atoms with Crippen molar-refractivity contribution >= 4 is 17.6 Å². The van der Waals surface area contributed by atoms with Gasteiger partial charge < -0.3 is 10.4 Å². The van der Waals surface area contributed by atoms with Gasteiger partial charge in [0.2, 0.25) is 5.91 Å². The van der Waals surface area contributed by atoms with E-state index in [1.165, 1.54) is 24.3 Å². The highest BCUT2D eigenvalue weighted by Gasteiger charge is 2.36. The third-order valence-corrected chi connectivity index (χ3v) is 4.88. The van der Waals surface area contributed by atoms with Gasteiger partial charge in [0.05, 0.1) is 5.92 Å². The van der Waals surface area contributed by atoms with Crippen molar-refractivity contribution in [3.8, 4) is 0 Å². The number of amides is 1. The lowest BCUT2D eigenvalue weighted by Crippen LogP contribution is -2.47. The molecule has 1 aliphatic heterocycles. The van der Waals surface area contributed by atoms with E-state index < -0.39 is 17.9 Å². The topological polar surface area (TPSA) is 69.6 Å². The average molecular weight is 370 g/mol. The molecule has 0 aromatic heterocycles. The van der Waals surface area contributed by atoms with Gasteiger partial charge in [0.1, 0.15) is 11.9 Å². The molecule has 3 rings (SSSR count). The van der Waals surface area contributed by atoms with E-state index in [-0.39, 0.29) is 17.6 Å². The maximum atomic E-state index is 13.1. The van der Waals surface area contributed by atoms with E-state index in [9.17, 15) is 19.1 Å². The van der Waals surface area contributed by atoms with Crippen LogP contribution in [-0.2, 0) is 9.59 Å². The van der Waals surface area contributed by atoms with Crippen LogP contribution in [0.5, 0.6) is 0 Å². The van der Waals surface area contributed by atoms with Crippen LogP contribution in [0.3, 0.4) is 0 Å². The van der Waals surface area contributed by atoms with Gasteiger partial charge in [-0.1, -0.05) is 37.3 Å². The second-order valence-electron chi connectivity index (χ2n) is 7.14. The molecule has 0 aliphatic carbocycles. The molecule has 27 heavy (non-hydrogen) atoms. The minimum Gasteiger partial charge on any atom is -0.481 e. The van der Waals surface area contributed by atoms with Crippen molar-refractivity contribution in [2.45, 2.75) is 19.4 Å². The molecule has 2 aromatic carbocycles. The molecule has 1 aliphatic rings. The lowest BCUT2D eigenvalue weighted by atomic mass is 9.88. The Hall–Kier alpha value is -2.73. The van der Waals surface area contributed by atoms with Gasteiger partial charge in [0, 0.05) is 18.8 Å². The lowest BCUT2D eigenvalue weighted by Gasteiger charge is -2.39. The number of carbonyl (C=O) groups is 2. The molecule has 0 radical (unpaired) electrons. The number of rotatable bonds is 5. The zero-order valence-corrected chi connectivity index (χ0v) is 15.1. The van der Waals surface area contributed by atoms with E-state index in [2.05, 4.69) is 5.32 Å². The van der Waals surface area contributed by atoms with Crippen LogP contribution in [0, 0.1) is 17.7 Å². The predicted molar refractivity (Wildman–Crippen MR) is 101 cm³/mol. The van der Waals surface area contributed by atoms with Gasteiger partial charge >= 0.3 is 5.97 Å². The quantitative estimate of drug-likeness (QED) is 0.845. The van der Waals surface area contributed by atoms with E-state index in [1.54, 1.807) is 0 Å². The second-order valence-corrected chi connectivity index (χ2v) is 7.14. The summed E-state index contributed by atoms with van der Waals surface area (Å²) in [7, 11) is 0. The van der Waals surface area contributed by atoms with Crippen molar-refractivity contribution in [2.24, 2.45) is 11.8 Å². The molecule has 1 amide bonds. The van der Waals surface area contributed by atoms with E-state index in [0.29, 0.717) is 25.2 Å². The fourth-order valence-corrected chi connectivity index (χ4v) is 3.69. The van der Waals surface area contributed by atoms with Crippen molar-refractivity contribution in [3.63, 3.8) is 0 Å². The second kappa shape index (κ2) is 8.31. The van der Waals surface area contributed by atoms with Crippen LogP contribution >= 0.6 is 0 Å². The average Bonchev–Trinajstić information content (AvgIpc) is 2.64. The van der Waals surface area contributed by atoms with Crippen molar-refractivity contribution in [2.75, 3.05) is 18.4 Å². The Morgan fingerprint density at radius 1 is 1.11 bits per heavy atom. The number of carboxylic acids is 1. The van der Waals surface area contributed by atoms with Crippen LogP contribution in [0.4, 0.5) is 10.1 Å². The fourth-order valence-electron chi connectivity index (χ4n) is 3.69. The summed E-state index contributed by atoms with van der Waals surface area (Å²) in [6.07, 6.45) is 0.604. The Balaban J connectivity index is 1.87. The van der Waals surface area contributed by atoms with Crippen LogP contribution in [0.25, 0.3) is 0 Å². The number of halogens is 1. The zero-order chi connectivity index (χ0) is 19.4. The number of hydrogen-bond donors (Lipinski definition) is 2. The number of nitrogens with one attached hydrogen (secondary N) is 1. The summed E-state index contributed by atoms with van der Waals surface area (Å²) in [5, 5.41) is 12.3. The van der Waals surface area contributed by atoms with Crippen LogP contribution in [0.2, 0.25) is 0 Å². The van der Waals surface area contributed by atoms with Crippen molar-refractivity contribution in [1.82, 2.24) is 4.90 Å². The molecule has 3 atom stereocenters. The molecule has 5 nitrogen and oxygen atoms in total. The van der Waals surface area contributed by atoms with E-state index in [4.69, 9.17) is 0 Å². The minimum absolute atomic E-state index is 0.171. The molecular formula is C21H23FN2O3. The first-order chi connectivity index (χ1) is 12.9. The van der Waals surface area contributed by atoms with E-state index >= 15 is 0 Å². The minimum atomic E-state index is -0.836. The summed E-state index contributed by atoms with van der Waals surface area (Å²) < 4.78 is 13.1. The summed E-state index contributed by atoms with van der Waals surface area (Å²) in [6, 6.07) is 14.3. The van der Waals surface area contributed by atoms with Crippen LogP contribution in [0.1, 0.15) is 24.9 Å². The number of piperidine rings is 1. The SMILES string of the molecule is CC1CC(C(=O)O)CN(C(C(=O)Nc2ccc(F)cc2)c2ccccc2)C1. The third-order valence-electron chi connectivity index (χ3n) is 4.88. The molecule has 6 heteroatoms. The maximum absolute atomic E-state index is 13.1. The summed E-state index contributed by atoms with van der Waals surface area (Å²) in [6.45, 7) is 2.96. The normalized spacial score (nSPS) is 21.4. The maximum Gasteiger partial charge on any atom is 0.307 e. The van der Waals surface area contributed by atoms with Crippen LogP contribution in [0.15, 0.2) is 54.6 Å². The van der Waals surface area contributed by atoms with Crippen LogP contribution < -0.4 is 5.32 Å². The molecule has 0 spiro atoms. The van der Waals surface area contributed by atoms with Gasteiger partial charge in [-0.2, -0.15) is 0 Å². The van der Waals surface area contributed by atoms with Crippen molar-refractivity contribution in [1.29, 1.82) is 0 Å². The molecule has 1 saturated heterocycles. The largest absolute Gasteiger partial charge is 0.481 e. The highest BCUT2D eigenvalue weighted by molar-refractivity contribution is 5.95. The number of carbonyl (C=O) groups excluding carboxylic acids is 1. The number of aliphatic carboxylic acids is 1. The smallest absolute Gasteiger partial charge is 0.307 e. The molecule has 0 bridgehead atoms. The third kappa shape index (κ3) is 4.71. The molecule has 0 saturated carbocycles. The lowest BCUT2D eigenvalue weighted by molar-refractivity contribution is -0.145. The van der Waals surface area contributed by atoms with Gasteiger partial charge in [-0.25, -0.2) is 4.39 Å². The Morgan fingerprint density at radius 3 is 2.41 bits per heavy atom. The summed E-state index contributed by atoms with van der Waals surface area (Å²) in [5.41, 5.74) is 1.30. The van der Waals surface area contributed by atoms with Gasteiger partial charge in [-0.15, -0.1) is 0 Å². The van der Waals surface area contributed by atoms with Crippen LogP contribution in [-0.4, -0.2) is 35.0 Å². The predicted octanol–water partition coefficient (Wildman–Crippen LogP) is 3.55. The molecule has 1 fully saturated rings. The summed E-state index contributed by atoms with van der Waals surface area (Å²) in [5.74, 6) is -1.80. The van der Waals surface area contributed by atoms with Gasteiger partial charge in [-0.05, 0) is 42.2 Å². The zero-order valence-electron chi connectivity index (χ0n) is 15.1. The number of anilines is 1. The number of carboxylic acid groups (broad SMARTS) is 1. The monoisotopic (exact) mass is 370 g/mol. The molecular weight excluding hydrogens is 347 g/mol.